The van der Waals surface area contributed by atoms with E-state index in [9.17, 15) is 13.2 Å². The van der Waals surface area contributed by atoms with Crippen molar-refractivity contribution < 1.29 is 17.9 Å². The molecule has 0 amide bonds. The lowest BCUT2D eigenvalue weighted by Crippen LogP contribution is -2.46. The molecule has 0 saturated carbocycles. The maximum atomic E-state index is 15.0. The number of nitrogens with zero attached hydrogens (tertiary/aromatic N) is 5. The second-order valence-corrected chi connectivity index (χ2v) is 11.9. The Morgan fingerprint density at radius 2 is 1.68 bits per heavy atom. The number of benzene rings is 1. The van der Waals surface area contributed by atoms with Gasteiger partial charge in [0.15, 0.2) is 17.4 Å². The summed E-state index contributed by atoms with van der Waals surface area (Å²) in [4.78, 5) is 23.4. The summed E-state index contributed by atoms with van der Waals surface area (Å²) in [6.07, 6.45) is 4.36. The second-order valence-electron chi connectivity index (χ2n) is 11.9. The van der Waals surface area contributed by atoms with Gasteiger partial charge in [0.25, 0.3) is 0 Å². The summed E-state index contributed by atoms with van der Waals surface area (Å²) in [7, 11) is 0. The molecule has 9 nitrogen and oxygen atoms in total. The molecule has 12 heteroatoms. The van der Waals surface area contributed by atoms with E-state index in [4.69, 9.17) is 4.74 Å². The number of hydrogen-bond acceptors (Lipinski definition) is 7. The molecule has 1 aliphatic heterocycles. The molecule has 6 rings (SSSR count). The Labute approximate surface area is 291 Å². The van der Waals surface area contributed by atoms with Crippen LogP contribution in [0.25, 0.3) is 22.3 Å². The third-order valence-corrected chi connectivity index (χ3v) is 8.23. The van der Waals surface area contributed by atoms with Gasteiger partial charge in [-0.1, -0.05) is 32.9 Å². The van der Waals surface area contributed by atoms with E-state index in [1.165, 1.54) is 12.4 Å². The largest absolute Gasteiger partial charge is 0.435 e. The number of anilines is 3. The second kappa shape index (κ2) is 17.0. The zero-order valence-electron chi connectivity index (χ0n) is 30.1. The van der Waals surface area contributed by atoms with E-state index in [2.05, 4.69) is 53.5 Å². The maximum absolute atomic E-state index is 15.0. The topological polar surface area (TPSA) is 98.0 Å². The van der Waals surface area contributed by atoms with Crippen LogP contribution < -0.4 is 25.5 Å². The molecule has 0 aliphatic carbocycles. The van der Waals surface area contributed by atoms with Crippen molar-refractivity contribution in [3.63, 3.8) is 0 Å². The van der Waals surface area contributed by atoms with Gasteiger partial charge in [-0.2, -0.15) is 0 Å². The van der Waals surface area contributed by atoms with E-state index in [1.807, 2.05) is 59.0 Å². The van der Waals surface area contributed by atoms with Gasteiger partial charge in [-0.15, -0.1) is 0 Å². The van der Waals surface area contributed by atoms with Crippen LogP contribution in [0.5, 0.6) is 11.6 Å². The van der Waals surface area contributed by atoms with Crippen LogP contribution in [-0.2, 0) is 0 Å². The number of piperazine rings is 1. The molecule has 1 aliphatic rings. The van der Waals surface area contributed by atoms with Gasteiger partial charge < -0.3 is 29.8 Å². The van der Waals surface area contributed by atoms with Crippen LogP contribution in [-0.4, -0.2) is 62.5 Å². The molecule has 1 fully saturated rings. The Hall–Kier alpha value is -5.10. The van der Waals surface area contributed by atoms with E-state index in [-0.39, 0.29) is 28.4 Å². The number of allylic oxidation sites excluding steroid dienone is 1. The fourth-order valence-electron chi connectivity index (χ4n) is 5.54. The van der Waals surface area contributed by atoms with Crippen LogP contribution in [0.15, 0.2) is 55.5 Å². The summed E-state index contributed by atoms with van der Waals surface area (Å²) >= 11 is 0. The lowest BCUT2D eigenvalue weighted by atomic mass is 10.2. The van der Waals surface area contributed by atoms with Gasteiger partial charge in [-0.05, 0) is 71.5 Å². The highest BCUT2D eigenvalue weighted by atomic mass is 19.1. The Morgan fingerprint density at radius 3 is 2.30 bits per heavy atom. The van der Waals surface area contributed by atoms with Crippen LogP contribution in [0.3, 0.4) is 0 Å². The first-order chi connectivity index (χ1) is 24.0. The molecule has 0 radical (unpaired) electrons. The molecular weight excluding hydrogens is 641 g/mol. The van der Waals surface area contributed by atoms with Crippen LogP contribution in [0, 0.1) is 32.4 Å². The number of aromatic amines is 2. The minimum Gasteiger partial charge on any atom is -0.435 e. The molecular formula is C38H47F3N8O. The predicted molar refractivity (Wildman–Crippen MR) is 197 cm³/mol. The average molecular weight is 689 g/mol. The van der Waals surface area contributed by atoms with Crippen LogP contribution >= 0.6 is 0 Å². The van der Waals surface area contributed by atoms with Gasteiger partial charge in [0.2, 0.25) is 5.88 Å². The van der Waals surface area contributed by atoms with E-state index in [0.717, 1.165) is 61.0 Å². The van der Waals surface area contributed by atoms with Crippen molar-refractivity contribution in [2.24, 2.45) is 0 Å². The lowest BCUT2D eigenvalue weighted by Gasteiger charge is -2.35. The molecule has 50 heavy (non-hydrogen) atoms. The lowest BCUT2D eigenvalue weighted by molar-refractivity contribution is 0.271. The minimum absolute atomic E-state index is 0.107. The molecule has 3 N–H and O–H groups in total. The summed E-state index contributed by atoms with van der Waals surface area (Å²) < 4.78 is 48.4. The number of ether oxygens (including phenoxy) is 1. The van der Waals surface area contributed by atoms with E-state index in [1.54, 1.807) is 19.9 Å². The van der Waals surface area contributed by atoms with Crippen molar-refractivity contribution in [1.29, 1.82) is 0 Å². The molecule has 0 bridgehead atoms. The van der Waals surface area contributed by atoms with Crippen LogP contribution in [0.2, 0.25) is 0 Å². The molecule has 266 valence electrons. The number of likely N-dealkylation sites (N-methyl/N-ethyl adjacent to an activating group) is 1. The molecule has 4 aromatic heterocycles. The standard InChI is InChI=1S/C25H27F2N7O.C11H14FN.C2H6/c1-4-33-7-9-34(10-8-33)17-5-6-21(28-13-17)32-24-16(3)25(30-14-29-24)35-20-12-19(26)23-18(22(20)27)11-15(2)31-23;1-5-10(12)11-9(7(2)3)6-8(4)13-11;1-2/h5-6,11-14,31H,4,7-10H2,1-3H3,(H,28,29,30,32);5-6,13H,1H2,2-4H3;1-2H3/b;11-10-;. The highest BCUT2D eigenvalue weighted by Crippen LogP contribution is 2.34. The monoisotopic (exact) mass is 688 g/mol. The van der Waals surface area contributed by atoms with E-state index >= 15 is 0 Å². The van der Waals surface area contributed by atoms with Crippen molar-refractivity contribution in [3.05, 3.63) is 94.7 Å². The van der Waals surface area contributed by atoms with E-state index < -0.39 is 11.6 Å². The van der Waals surface area contributed by atoms with Gasteiger partial charge >= 0.3 is 0 Å². The normalized spacial score (nSPS) is 13.5. The minimum atomic E-state index is -0.657. The molecule has 0 unspecified atom stereocenters. The third-order valence-electron chi connectivity index (χ3n) is 8.23. The molecule has 5 heterocycles. The molecule has 0 spiro atoms. The number of hydrogen-bond donors (Lipinski definition) is 3. The van der Waals surface area contributed by atoms with Crippen molar-refractivity contribution in [1.82, 2.24) is 29.8 Å². The van der Waals surface area contributed by atoms with Gasteiger partial charge in [0.05, 0.1) is 28.3 Å². The van der Waals surface area contributed by atoms with Crippen LogP contribution in [0.1, 0.15) is 51.6 Å². The quantitative estimate of drug-likeness (QED) is 0.161. The maximum Gasteiger partial charge on any atom is 0.227 e. The average Bonchev–Trinajstić information content (AvgIpc) is 3.73. The Balaban J connectivity index is 0.000000315. The van der Waals surface area contributed by atoms with Crippen molar-refractivity contribution in [3.8, 4) is 11.6 Å². The summed E-state index contributed by atoms with van der Waals surface area (Å²) in [5.74, 6) is -0.610. The first kappa shape index (κ1) is 37.7. The molecule has 1 aromatic carbocycles. The number of nitrogens with one attached hydrogen (secondary N) is 3. The number of aromatic nitrogens is 5. The van der Waals surface area contributed by atoms with E-state index in [0.29, 0.717) is 28.2 Å². The van der Waals surface area contributed by atoms with Crippen molar-refractivity contribution in [2.75, 3.05) is 42.9 Å². The number of H-pyrrole nitrogens is 2. The smallest absolute Gasteiger partial charge is 0.227 e. The zero-order chi connectivity index (χ0) is 36.5. The number of pyridine rings is 1. The zero-order valence-corrected chi connectivity index (χ0v) is 30.1. The first-order valence-electron chi connectivity index (χ1n) is 16.8. The van der Waals surface area contributed by atoms with Gasteiger partial charge in [-0.3, -0.25) is 0 Å². The fourth-order valence-corrected chi connectivity index (χ4v) is 5.54. The first-order valence-corrected chi connectivity index (χ1v) is 16.8. The highest BCUT2D eigenvalue weighted by molar-refractivity contribution is 5.83. The molecule has 0 atom stereocenters. The van der Waals surface area contributed by atoms with Crippen molar-refractivity contribution in [2.45, 2.75) is 55.4 Å². The molecule has 5 aromatic rings. The number of aryl methyl sites for hydroxylation is 2. The SMILES string of the molecule is C=C/C(F)=c1/[nH]c(C)cc1=C(C)C.CC.CCN1CCN(c2ccc(Nc3ncnc(Oc4cc(F)c5[nH]c(C)cc5c4F)c3C)nc2)CC1. The van der Waals surface area contributed by atoms with Gasteiger partial charge in [-0.25, -0.2) is 28.1 Å². The number of rotatable bonds is 7. The number of halogens is 3. The van der Waals surface area contributed by atoms with Crippen molar-refractivity contribution >= 4 is 39.6 Å². The highest BCUT2D eigenvalue weighted by Gasteiger charge is 2.19. The predicted octanol–water partition coefficient (Wildman–Crippen LogP) is 7.73. The summed E-state index contributed by atoms with van der Waals surface area (Å²) in [6, 6.07) is 8.41. The van der Waals surface area contributed by atoms with Crippen LogP contribution in [0.4, 0.5) is 30.5 Å². The number of fused-ring (bicyclic) bond motifs is 1. The summed E-state index contributed by atoms with van der Waals surface area (Å²) in [6.45, 7) is 24.0. The van der Waals surface area contributed by atoms with Gasteiger partial charge in [0, 0.05) is 54.2 Å². The third kappa shape index (κ3) is 8.73. The Morgan fingerprint density at radius 1 is 0.980 bits per heavy atom. The summed E-state index contributed by atoms with van der Waals surface area (Å²) in [5, 5.41) is 4.75. The summed E-state index contributed by atoms with van der Waals surface area (Å²) in [5.41, 5.74) is 4.43. The fraction of sp³-hybridized carbons (Fsp3) is 0.342. The Bertz CT molecular complexity index is 2040. The van der Waals surface area contributed by atoms with Gasteiger partial charge in [0.1, 0.15) is 23.8 Å². The molecule has 1 saturated heterocycles. The Kier molecular flexibility index (Phi) is 12.8.